The van der Waals surface area contributed by atoms with Crippen LogP contribution < -0.4 is 9.47 Å². The predicted octanol–water partition coefficient (Wildman–Crippen LogP) is 4.15. The van der Waals surface area contributed by atoms with Crippen molar-refractivity contribution < 1.29 is 18.8 Å². The first-order chi connectivity index (χ1) is 15.1. The Morgan fingerprint density at radius 3 is 2.29 bits per heavy atom. The molecule has 1 aromatic heterocycles. The third kappa shape index (κ3) is 3.44. The molecule has 160 valence electrons. The number of benzene rings is 2. The number of carbonyl (C=O) groups excluding carboxylic acids is 1. The summed E-state index contributed by atoms with van der Waals surface area (Å²) in [5, 5.41) is 4.16. The lowest BCUT2D eigenvalue weighted by Gasteiger charge is -2.27. The van der Waals surface area contributed by atoms with Gasteiger partial charge in [0.15, 0.2) is 0 Å². The minimum absolute atomic E-state index is 0.157. The molecule has 0 radical (unpaired) electrons. The molecular weight excluding hydrogens is 394 g/mol. The zero-order valence-electron chi connectivity index (χ0n) is 17.7. The fourth-order valence-electron chi connectivity index (χ4n) is 4.43. The number of carbonyl (C=O) groups is 1. The van der Waals surface area contributed by atoms with Gasteiger partial charge in [-0.3, -0.25) is 4.79 Å². The van der Waals surface area contributed by atoms with Crippen LogP contribution in [-0.4, -0.2) is 41.7 Å². The van der Waals surface area contributed by atoms with E-state index in [9.17, 15) is 4.79 Å². The highest BCUT2D eigenvalue weighted by Gasteiger charge is 2.55. The number of ether oxygens (including phenoxy) is 2. The standard InChI is InChI=1S/C24H25N3O4/c1-29-18-9-5-16(6-10-18)21-25-22(31-26-21)20-4-3-15-27(20)23(28)24(13-14-24)17-7-11-19(30-2)12-8-17/h5-12,20H,3-4,13-15H2,1-2H3. The van der Waals surface area contributed by atoms with Crippen molar-refractivity contribution in [1.82, 2.24) is 15.0 Å². The molecule has 2 fully saturated rings. The largest absolute Gasteiger partial charge is 0.497 e. The average molecular weight is 419 g/mol. The molecule has 0 spiro atoms. The van der Waals surface area contributed by atoms with Gasteiger partial charge in [0.2, 0.25) is 17.6 Å². The number of likely N-dealkylation sites (tertiary alicyclic amines) is 1. The van der Waals surface area contributed by atoms with Gasteiger partial charge >= 0.3 is 0 Å². The van der Waals surface area contributed by atoms with Gasteiger partial charge in [0.1, 0.15) is 17.5 Å². The molecule has 1 aliphatic carbocycles. The number of amides is 1. The van der Waals surface area contributed by atoms with Crippen LogP contribution in [0.4, 0.5) is 0 Å². The smallest absolute Gasteiger partial charge is 0.249 e. The van der Waals surface area contributed by atoms with E-state index in [-0.39, 0.29) is 11.9 Å². The van der Waals surface area contributed by atoms with Crippen molar-refractivity contribution in [3.05, 3.63) is 60.0 Å². The van der Waals surface area contributed by atoms with E-state index < -0.39 is 5.41 Å². The molecule has 1 unspecified atom stereocenters. The molecule has 3 aromatic rings. The summed E-state index contributed by atoms with van der Waals surface area (Å²) >= 11 is 0. The fraction of sp³-hybridized carbons (Fsp3) is 0.375. The van der Waals surface area contributed by atoms with E-state index in [0.717, 1.165) is 48.3 Å². The van der Waals surface area contributed by atoms with Gasteiger partial charge < -0.3 is 18.9 Å². The van der Waals surface area contributed by atoms with Gasteiger partial charge in [-0.15, -0.1) is 0 Å². The Balaban J connectivity index is 1.37. The van der Waals surface area contributed by atoms with E-state index in [1.807, 2.05) is 53.4 Å². The molecule has 1 amide bonds. The molecule has 1 atom stereocenters. The number of rotatable bonds is 6. The van der Waals surface area contributed by atoms with Gasteiger partial charge in [0.05, 0.1) is 19.6 Å². The van der Waals surface area contributed by atoms with Crippen LogP contribution in [0.25, 0.3) is 11.4 Å². The Hall–Kier alpha value is -3.35. The molecule has 31 heavy (non-hydrogen) atoms. The first-order valence-corrected chi connectivity index (χ1v) is 10.6. The first kappa shape index (κ1) is 19.6. The molecule has 5 rings (SSSR count). The highest BCUT2D eigenvalue weighted by atomic mass is 16.5. The van der Waals surface area contributed by atoms with E-state index >= 15 is 0 Å². The maximum atomic E-state index is 13.6. The highest BCUT2D eigenvalue weighted by molar-refractivity contribution is 5.91. The Kier molecular flexibility index (Phi) is 4.88. The SMILES string of the molecule is COc1ccc(-c2noc(C3CCCN3C(=O)C3(c4ccc(OC)cc4)CC3)n2)cc1. The van der Waals surface area contributed by atoms with Gasteiger partial charge in [0, 0.05) is 12.1 Å². The van der Waals surface area contributed by atoms with Crippen molar-refractivity contribution in [3.63, 3.8) is 0 Å². The lowest BCUT2D eigenvalue weighted by molar-refractivity contribution is -0.135. The molecule has 1 saturated heterocycles. The number of aromatic nitrogens is 2. The number of nitrogens with zero attached hydrogens (tertiary/aromatic N) is 3. The summed E-state index contributed by atoms with van der Waals surface area (Å²) in [4.78, 5) is 20.2. The van der Waals surface area contributed by atoms with Crippen molar-refractivity contribution in [1.29, 1.82) is 0 Å². The summed E-state index contributed by atoms with van der Waals surface area (Å²) in [6, 6.07) is 15.2. The lowest BCUT2D eigenvalue weighted by Crippen LogP contribution is -2.39. The zero-order valence-corrected chi connectivity index (χ0v) is 17.7. The van der Waals surface area contributed by atoms with Crippen LogP contribution in [0, 0.1) is 0 Å². The van der Waals surface area contributed by atoms with Gasteiger partial charge in [-0.25, -0.2) is 0 Å². The maximum Gasteiger partial charge on any atom is 0.249 e. The second-order valence-electron chi connectivity index (χ2n) is 8.15. The van der Waals surface area contributed by atoms with Crippen LogP contribution in [0.1, 0.15) is 43.2 Å². The molecular formula is C24H25N3O4. The van der Waals surface area contributed by atoms with Crippen LogP contribution in [0.3, 0.4) is 0 Å². The van der Waals surface area contributed by atoms with Crippen molar-refractivity contribution >= 4 is 5.91 Å². The third-order valence-corrected chi connectivity index (χ3v) is 6.39. The third-order valence-electron chi connectivity index (χ3n) is 6.39. The topological polar surface area (TPSA) is 77.7 Å². The Bertz CT molecular complexity index is 1070. The Morgan fingerprint density at radius 1 is 1.03 bits per heavy atom. The molecule has 7 nitrogen and oxygen atoms in total. The monoisotopic (exact) mass is 419 g/mol. The fourth-order valence-corrected chi connectivity index (χ4v) is 4.43. The lowest BCUT2D eigenvalue weighted by atomic mass is 9.94. The summed E-state index contributed by atoms with van der Waals surface area (Å²) < 4.78 is 16.1. The van der Waals surface area contributed by atoms with E-state index in [1.165, 1.54) is 0 Å². The number of hydrogen-bond acceptors (Lipinski definition) is 6. The number of hydrogen-bond donors (Lipinski definition) is 0. The van der Waals surface area contributed by atoms with Crippen LogP contribution in [-0.2, 0) is 10.2 Å². The van der Waals surface area contributed by atoms with E-state index in [2.05, 4.69) is 10.1 Å². The Morgan fingerprint density at radius 2 is 1.68 bits per heavy atom. The molecule has 1 saturated carbocycles. The molecule has 0 bridgehead atoms. The van der Waals surface area contributed by atoms with Gasteiger partial charge in [-0.1, -0.05) is 17.3 Å². The zero-order chi connectivity index (χ0) is 21.4. The average Bonchev–Trinajstić information content (AvgIpc) is 3.24. The van der Waals surface area contributed by atoms with Gasteiger partial charge in [-0.05, 0) is 67.6 Å². The van der Waals surface area contributed by atoms with Crippen LogP contribution in [0.15, 0.2) is 53.1 Å². The predicted molar refractivity (Wildman–Crippen MR) is 114 cm³/mol. The summed E-state index contributed by atoms with van der Waals surface area (Å²) in [5.41, 5.74) is 1.46. The molecule has 2 aliphatic rings. The second-order valence-corrected chi connectivity index (χ2v) is 8.15. The first-order valence-electron chi connectivity index (χ1n) is 10.6. The van der Waals surface area contributed by atoms with E-state index in [1.54, 1.807) is 14.2 Å². The minimum atomic E-state index is -0.437. The molecule has 7 heteroatoms. The maximum absolute atomic E-state index is 13.6. The number of methoxy groups -OCH3 is 2. The van der Waals surface area contributed by atoms with Crippen LogP contribution in [0.2, 0.25) is 0 Å². The van der Waals surface area contributed by atoms with Crippen LogP contribution in [0.5, 0.6) is 11.5 Å². The van der Waals surface area contributed by atoms with E-state index in [4.69, 9.17) is 14.0 Å². The van der Waals surface area contributed by atoms with E-state index in [0.29, 0.717) is 18.3 Å². The van der Waals surface area contributed by atoms with Crippen molar-refractivity contribution in [2.24, 2.45) is 0 Å². The summed E-state index contributed by atoms with van der Waals surface area (Å²) in [6.07, 6.45) is 3.48. The van der Waals surface area contributed by atoms with Crippen molar-refractivity contribution in [3.8, 4) is 22.9 Å². The van der Waals surface area contributed by atoms with Crippen molar-refractivity contribution in [2.45, 2.75) is 37.1 Å². The van der Waals surface area contributed by atoms with Crippen LogP contribution >= 0.6 is 0 Å². The summed E-state index contributed by atoms with van der Waals surface area (Å²) in [5.74, 6) is 2.75. The summed E-state index contributed by atoms with van der Waals surface area (Å²) in [7, 11) is 3.28. The summed E-state index contributed by atoms with van der Waals surface area (Å²) in [6.45, 7) is 0.710. The van der Waals surface area contributed by atoms with Gasteiger partial charge in [-0.2, -0.15) is 4.98 Å². The second kappa shape index (κ2) is 7.72. The molecule has 2 aromatic carbocycles. The molecule has 0 N–H and O–H groups in total. The van der Waals surface area contributed by atoms with Gasteiger partial charge in [0.25, 0.3) is 0 Å². The van der Waals surface area contributed by atoms with Crippen molar-refractivity contribution in [2.75, 3.05) is 20.8 Å². The molecule has 1 aliphatic heterocycles. The normalized spacial score (nSPS) is 19.3. The quantitative estimate of drug-likeness (QED) is 0.597. The Labute approximate surface area is 181 Å². The highest BCUT2D eigenvalue weighted by Crippen LogP contribution is 2.51. The minimum Gasteiger partial charge on any atom is -0.497 e. The molecule has 2 heterocycles.